The molecule has 0 unspecified atom stereocenters. The molecule has 0 saturated heterocycles. The molecular formula is C26H32N2O4S. The molecule has 176 valence electrons. The van der Waals surface area contributed by atoms with Gasteiger partial charge in [-0.3, -0.25) is 0 Å². The molecule has 0 bridgehead atoms. The Morgan fingerprint density at radius 1 is 1.09 bits per heavy atom. The summed E-state index contributed by atoms with van der Waals surface area (Å²) in [7, 11) is -2.55. The van der Waals surface area contributed by atoms with E-state index in [4.69, 9.17) is 4.74 Å². The third-order valence-electron chi connectivity index (χ3n) is 6.31. The molecule has 1 atom stereocenters. The predicted molar refractivity (Wildman–Crippen MR) is 130 cm³/mol. The summed E-state index contributed by atoms with van der Waals surface area (Å²) in [6.45, 7) is 9.76. The van der Waals surface area contributed by atoms with E-state index in [0.29, 0.717) is 24.8 Å². The molecule has 0 amide bonds. The van der Waals surface area contributed by atoms with Gasteiger partial charge in [-0.05, 0) is 50.3 Å². The first kappa shape index (κ1) is 24.7. The third-order valence-corrected chi connectivity index (χ3v) is 8.01. The summed E-state index contributed by atoms with van der Waals surface area (Å²) >= 11 is 0. The Kier molecular flexibility index (Phi) is 7.42. The zero-order chi connectivity index (χ0) is 24.2. The minimum Gasteiger partial charge on any atom is -0.466 e. The lowest BCUT2D eigenvalue weighted by atomic mass is 9.77. The fourth-order valence-corrected chi connectivity index (χ4v) is 5.74. The number of aryl methyl sites for hydroxylation is 2. The summed E-state index contributed by atoms with van der Waals surface area (Å²) in [4.78, 5) is 12.1. The van der Waals surface area contributed by atoms with Crippen LogP contribution in [0.5, 0.6) is 0 Å². The Morgan fingerprint density at radius 2 is 1.73 bits per heavy atom. The Bertz CT molecular complexity index is 1140. The molecule has 7 heteroatoms. The van der Waals surface area contributed by atoms with Gasteiger partial charge >= 0.3 is 5.97 Å². The number of sulfonamides is 1. The number of ether oxygens (including phenoxy) is 1. The van der Waals surface area contributed by atoms with E-state index in [1.54, 1.807) is 24.3 Å². The van der Waals surface area contributed by atoms with E-state index >= 15 is 0 Å². The molecule has 3 rings (SSSR count). The molecule has 33 heavy (non-hydrogen) atoms. The van der Waals surface area contributed by atoms with Crippen LogP contribution in [0.3, 0.4) is 0 Å². The molecule has 0 spiro atoms. The SMILES string of the molecule is C=C(CC[C@@H]1N(S(=O)(=O)c2ccc(C)cc2)N=C(CCc2ccccc2)C1(C)C)C(=O)OC. The molecule has 0 saturated carbocycles. The van der Waals surface area contributed by atoms with Gasteiger partial charge in [0.2, 0.25) is 0 Å². The highest BCUT2D eigenvalue weighted by Crippen LogP contribution is 2.41. The second-order valence-electron chi connectivity index (χ2n) is 8.99. The van der Waals surface area contributed by atoms with Crippen LogP contribution in [0, 0.1) is 12.3 Å². The van der Waals surface area contributed by atoms with Crippen molar-refractivity contribution in [3.05, 3.63) is 77.9 Å². The molecule has 1 aliphatic rings. The second-order valence-corrected chi connectivity index (χ2v) is 10.8. The first-order valence-electron chi connectivity index (χ1n) is 11.1. The van der Waals surface area contributed by atoms with Crippen LogP contribution in [0.15, 0.2) is 76.7 Å². The Morgan fingerprint density at radius 3 is 2.33 bits per heavy atom. The van der Waals surface area contributed by atoms with E-state index in [-0.39, 0.29) is 4.90 Å². The highest BCUT2D eigenvalue weighted by Gasteiger charge is 2.48. The van der Waals surface area contributed by atoms with E-state index in [1.165, 1.54) is 17.1 Å². The zero-order valence-corrected chi connectivity index (χ0v) is 20.6. The maximum Gasteiger partial charge on any atom is 0.333 e. The van der Waals surface area contributed by atoms with Crippen molar-refractivity contribution in [3.63, 3.8) is 0 Å². The van der Waals surface area contributed by atoms with E-state index in [0.717, 1.165) is 17.7 Å². The normalized spacial score (nSPS) is 17.5. The number of benzene rings is 2. The lowest BCUT2D eigenvalue weighted by Gasteiger charge is -2.33. The van der Waals surface area contributed by atoms with Crippen LogP contribution in [0.1, 0.15) is 44.2 Å². The molecule has 0 aromatic heterocycles. The molecular weight excluding hydrogens is 436 g/mol. The van der Waals surface area contributed by atoms with Crippen molar-refractivity contribution in [2.24, 2.45) is 10.5 Å². The number of hydrogen-bond acceptors (Lipinski definition) is 5. The van der Waals surface area contributed by atoms with Gasteiger partial charge in [0.15, 0.2) is 0 Å². The fraction of sp³-hybridized carbons (Fsp3) is 0.385. The van der Waals surface area contributed by atoms with Crippen LogP contribution in [-0.2, 0) is 26.0 Å². The number of hydrogen-bond donors (Lipinski definition) is 0. The van der Waals surface area contributed by atoms with Gasteiger partial charge in [0.1, 0.15) is 0 Å². The second kappa shape index (κ2) is 9.91. The maximum absolute atomic E-state index is 13.6. The molecule has 0 fully saturated rings. The average molecular weight is 469 g/mol. The predicted octanol–water partition coefficient (Wildman–Crippen LogP) is 4.89. The summed E-state index contributed by atoms with van der Waals surface area (Å²) < 4.78 is 33.2. The molecule has 2 aromatic carbocycles. The van der Waals surface area contributed by atoms with Crippen molar-refractivity contribution < 1.29 is 17.9 Å². The minimum atomic E-state index is -3.87. The average Bonchev–Trinajstić information content (AvgIpc) is 3.06. The highest BCUT2D eigenvalue weighted by atomic mass is 32.2. The van der Waals surface area contributed by atoms with Crippen LogP contribution >= 0.6 is 0 Å². The Labute approximate surface area is 197 Å². The molecule has 1 heterocycles. The standard InChI is InChI=1S/C26H32N2O4S/c1-19-11-15-22(16-12-19)33(30,31)28-24(18-13-20(2)25(29)32-5)26(3,4)23(27-28)17-14-21-9-7-6-8-10-21/h6-12,15-16,24H,2,13-14,17-18H2,1,3-5H3/t24-/m0/s1. The number of carbonyl (C=O) groups is 1. The molecule has 6 nitrogen and oxygen atoms in total. The van der Waals surface area contributed by atoms with Gasteiger partial charge in [-0.2, -0.15) is 17.9 Å². The van der Waals surface area contributed by atoms with Crippen molar-refractivity contribution in [2.75, 3.05) is 7.11 Å². The molecule has 0 N–H and O–H groups in total. The van der Waals surface area contributed by atoms with Gasteiger partial charge < -0.3 is 4.74 Å². The first-order valence-corrected chi connectivity index (χ1v) is 12.5. The summed E-state index contributed by atoms with van der Waals surface area (Å²) in [5.74, 6) is -0.482. The van der Waals surface area contributed by atoms with Gasteiger partial charge in [-0.15, -0.1) is 0 Å². The van der Waals surface area contributed by atoms with E-state index < -0.39 is 27.4 Å². The van der Waals surface area contributed by atoms with Crippen LogP contribution < -0.4 is 0 Å². The quantitative estimate of drug-likeness (QED) is 0.388. The lowest BCUT2D eigenvalue weighted by molar-refractivity contribution is -0.136. The molecule has 1 aliphatic heterocycles. The van der Waals surface area contributed by atoms with Gasteiger partial charge in [0.05, 0.1) is 18.0 Å². The Balaban J connectivity index is 1.93. The van der Waals surface area contributed by atoms with E-state index in [2.05, 4.69) is 23.8 Å². The van der Waals surface area contributed by atoms with Gasteiger partial charge in [-0.25, -0.2) is 4.79 Å². The van der Waals surface area contributed by atoms with Gasteiger partial charge in [-0.1, -0.05) is 68.5 Å². The van der Waals surface area contributed by atoms with Crippen LogP contribution in [0.2, 0.25) is 0 Å². The van der Waals surface area contributed by atoms with E-state index in [1.807, 2.05) is 39.0 Å². The van der Waals surface area contributed by atoms with Crippen molar-refractivity contribution in [2.45, 2.75) is 57.4 Å². The summed E-state index contributed by atoms with van der Waals surface area (Å²) in [5, 5.41) is 4.67. The van der Waals surface area contributed by atoms with Crippen molar-refractivity contribution in [1.29, 1.82) is 0 Å². The van der Waals surface area contributed by atoms with Crippen molar-refractivity contribution in [3.8, 4) is 0 Å². The maximum atomic E-state index is 13.6. The van der Waals surface area contributed by atoms with E-state index in [9.17, 15) is 13.2 Å². The first-order chi connectivity index (χ1) is 15.6. The van der Waals surface area contributed by atoms with Crippen molar-refractivity contribution >= 4 is 21.7 Å². The van der Waals surface area contributed by atoms with Crippen molar-refractivity contribution in [1.82, 2.24) is 4.41 Å². The van der Waals surface area contributed by atoms with Crippen LogP contribution in [0.4, 0.5) is 0 Å². The van der Waals surface area contributed by atoms with Crippen LogP contribution in [0.25, 0.3) is 0 Å². The highest BCUT2D eigenvalue weighted by molar-refractivity contribution is 7.89. The molecule has 0 aliphatic carbocycles. The fourth-order valence-electron chi connectivity index (χ4n) is 4.13. The number of rotatable bonds is 9. The van der Waals surface area contributed by atoms with Crippen LogP contribution in [-0.4, -0.2) is 37.7 Å². The smallest absolute Gasteiger partial charge is 0.333 e. The largest absolute Gasteiger partial charge is 0.466 e. The minimum absolute atomic E-state index is 0.203. The Hall–Kier alpha value is -2.93. The number of hydrazone groups is 1. The summed E-state index contributed by atoms with van der Waals surface area (Å²) in [5.41, 5.74) is 2.79. The zero-order valence-electron chi connectivity index (χ0n) is 19.7. The van der Waals surface area contributed by atoms with Gasteiger partial charge in [0, 0.05) is 16.7 Å². The molecule has 2 aromatic rings. The number of nitrogens with zero attached hydrogens (tertiary/aromatic N) is 2. The number of carbonyl (C=O) groups excluding carboxylic acids is 1. The summed E-state index contributed by atoms with van der Waals surface area (Å²) in [6.07, 6.45) is 2.14. The topological polar surface area (TPSA) is 76.0 Å². The summed E-state index contributed by atoms with van der Waals surface area (Å²) in [6, 6.07) is 16.4. The number of esters is 1. The lowest BCUT2D eigenvalue weighted by Crippen LogP contribution is -2.42. The third kappa shape index (κ3) is 5.36. The monoisotopic (exact) mass is 468 g/mol. The molecule has 0 radical (unpaired) electrons. The van der Waals surface area contributed by atoms with Gasteiger partial charge in [0.25, 0.3) is 10.0 Å². The number of methoxy groups -OCH3 is 1.